The number of benzene rings is 1. The first kappa shape index (κ1) is 13.0. The molecule has 5 heteroatoms. The van der Waals surface area contributed by atoms with Gasteiger partial charge in [0.2, 0.25) is 0 Å². The van der Waals surface area contributed by atoms with Crippen LogP contribution in [0, 0.1) is 6.92 Å². The number of amides is 1. The Bertz CT molecular complexity index is 563. The highest BCUT2D eigenvalue weighted by atomic mass is 16.5. The van der Waals surface area contributed by atoms with Crippen molar-refractivity contribution in [3.63, 3.8) is 0 Å². The minimum absolute atomic E-state index is 0.237. The van der Waals surface area contributed by atoms with Gasteiger partial charge in [-0.15, -0.1) is 0 Å². The average Bonchev–Trinajstić information content (AvgIpc) is 2.81. The van der Waals surface area contributed by atoms with Crippen molar-refractivity contribution in [2.75, 3.05) is 18.9 Å². The Morgan fingerprint density at radius 3 is 2.95 bits per heavy atom. The molecule has 5 nitrogen and oxygen atoms in total. The number of rotatable bonds is 5. The van der Waals surface area contributed by atoms with Gasteiger partial charge in [0.15, 0.2) is 5.76 Å². The Kier molecular flexibility index (Phi) is 4.07. The van der Waals surface area contributed by atoms with Gasteiger partial charge in [0.1, 0.15) is 12.4 Å². The zero-order valence-electron chi connectivity index (χ0n) is 10.7. The summed E-state index contributed by atoms with van der Waals surface area (Å²) in [7, 11) is 0. The SMILES string of the molecule is Cc1ccoc1C(=O)NCCOc1cccc(N)c1. The highest BCUT2D eigenvalue weighted by molar-refractivity contribution is 5.92. The molecular formula is C14H16N2O3. The van der Waals surface area contributed by atoms with Gasteiger partial charge in [0.05, 0.1) is 12.8 Å². The first-order chi connectivity index (χ1) is 9.16. The van der Waals surface area contributed by atoms with Crippen LogP contribution in [-0.4, -0.2) is 19.1 Å². The van der Waals surface area contributed by atoms with Crippen LogP contribution in [-0.2, 0) is 0 Å². The lowest BCUT2D eigenvalue weighted by Crippen LogP contribution is -2.28. The number of aryl methyl sites for hydroxylation is 1. The van der Waals surface area contributed by atoms with Crippen LogP contribution >= 0.6 is 0 Å². The monoisotopic (exact) mass is 260 g/mol. The molecule has 0 saturated heterocycles. The number of hydrogen-bond donors (Lipinski definition) is 2. The minimum Gasteiger partial charge on any atom is -0.492 e. The van der Waals surface area contributed by atoms with Crippen LogP contribution in [0.5, 0.6) is 5.75 Å². The van der Waals surface area contributed by atoms with Gasteiger partial charge < -0.3 is 20.2 Å². The number of anilines is 1. The minimum atomic E-state index is -0.237. The predicted molar refractivity (Wildman–Crippen MR) is 72.1 cm³/mol. The third-order valence-corrected chi connectivity index (χ3v) is 2.58. The predicted octanol–water partition coefficient (Wildman–Crippen LogP) is 1.98. The lowest BCUT2D eigenvalue weighted by Gasteiger charge is -2.07. The van der Waals surface area contributed by atoms with Crippen LogP contribution < -0.4 is 15.8 Å². The fraction of sp³-hybridized carbons (Fsp3) is 0.214. The lowest BCUT2D eigenvalue weighted by atomic mass is 10.3. The molecule has 100 valence electrons. The Hall–Kier alpha value is -2.43. The van der Waals surface area contributed by atoms with Gasteiger partial charge in [0.25, 0.3) is 5.91 Å². The van der Waals surface area contributed by atoms with Crippen LogP contribution in [0.4, 0.5) is 5.69 Å². The van der Waals surface area contributed by atoms with Crippen molar-refractivity contribution in [1.82, 2.24) is 5.32 Å². The maximum Gasteiger partial charge on any atom is 0.287 e. The lowest BCUT2D eigenvalue weighted by molar-refractivity contribution is 0.0918. The molecule has 0 saturated carbocycles. The molecule has 0 aliphatic carbocycles. The smallest absolute Gasteiger partial charge is 0.287 e. The van der Waals surface area contributed by atoms with Gasteiger partial charge in [-0.25, -0.2) is 0 Å². The summed E-state index contributed by atoms with van der Waals surface area (Å²) >= 11 is 0. The fourth-order valence-electron chi connectivity index (χ4n) is 1.62. The normalized spacial score (nSPS) is 10.2. The van der Waals surface area contributed by atoms with Gasteiger partial charge in [-0.05, 0) is 25.1 Å². The summed E-state index contributed by atoms with van der Waals surface area (Å²) in [5.41, 5.74) is 7.09. The number of nitrogens with two attached hydrogens (primary N) is 1. The highest BCUT2D eigenvalue weighted by Gasteiger charge is 2.11. The van der Waals surface area contributed by atoms with Crippen molar-refractivity contribution in [3.05, 3.63) is 47.9 Å². The van der Waals surface area contributed by atoms with E-state index >= 15 is 0 Å². The summed E-state index contributed by atoms with van der Waals surface area (Å²) in [5, 5.41) is 2.72. The van der Waals surface area contributed by atoms with Gasteiger partial charge in [-0.1, -0.05) is 6.07 Å². The molecule has 1 aromatic heterocycles. The molecule has 1 heterocycles. The van der Waals surface area contributed by atoms with Crippen molar-refractivity contribution in [3.8, 4) is 5.75 Å². The van der Waals surface area contributed by atoms with E-state index in [0.29, 0.717) is 30.3 Å². The Balaban J connectivity index is 1.75. The maximum absolute atomic E-state index is 11.7. The van der Waals surface area contributed by atoms with Crippen molar-refractivity contribution in [2.45, 2.75) is 6.92 Å². The van der Waals surface area contributed by atoms with E-state index in [9.17, 15) is 4.79 Å². The average molecular weight is 260 g/mol. The standard InChI is InChI=1S/C14H16N2O3/c1-10-5-7-19-13(10)14(17)16-6-8-18-12-4-2-3-11(15)9-12/h2-5,7,9H,6,8,15H2,1H3,(H,16,17). The molecule has 0 atom stereocenters. The number of hydrogen-bond acceptors (Lipinski definition) is 4. The van der Waals surface area contributed by atoms with E-state index in [2.05, 4.69) is 5.32 Å². The van der Waals surface area contributed by atoms with E-state index in [1.165, 1.54) is 6.26 Å². The summed E-state index contributed by atoms with van der Waals surface area (Å²) in [4.78, 5) is 11.7. The molecule has 0 bridgehead atoms. The third-order valence-electron chi connectivity index (χ3n) is 2.58. The maximum atomic E-state index is 11.7. The summed E-state index contributed by atoms with van der Waals surface area (Å²) in [6.07, 6.45) is 1.49. The first-order valence-electron chi connectivity index (χ1n) is 5.97. The summed E-state index contributed by atoms with van der Waals surface area (Å²) < 4.78 is 10.5. The number of nitrogen functional groups attached to an aromatic ring is 1. The molecule has 0 unspecified atom stereocenters. The molecule has 2 aromatic rings. The quantitative estimate of drug-likeness (QED) is 0.636. The topological polar surface area (TPSA) is 77.5 Å². The van der Waals surface area contributed by atoms with Crippen LogP contribution in [0.2, 0.25) is 0 Å². The summed E-state index contributed by atoms with van der Waals surface area (Å²) in [6, 6.07) is 8.90. The number of nitrogens with one attached hydrogen (secondary N) is 1. The van der Waals surface area contributed by atoms with Crippen LogP contribution in [0.1, 0.15) is 16.1 Å². The van der Waals surface area contributed by atoms with Crippen LogP contribution in [0.3, 0.4) is 0 Å². The number of carbonyl (C=O) groups is 1. The third kappa shape index (κ3) is 3.51. The Morgan fingerprint density at radius 1 is 1.42 bits per heavy atom. The van der Waals surface area contributed by atoms with Crippen molar-refractivity contribution < 1.29 is 13.9 Å². The van der Waals surface area contributed by atoms with Crippen molar-refractivity contribution in [1.29, 1.82) is 0 Å². The largest absolute Gasteiger partial charge is 0.492 e. The molecular weight excluding hydrogens is 244 g/mol. The van der Waals surface area contributed by atoms with E-state index < -0.39 is 0 Å². The first-order valence-corrected chi connectivity index (χ1v) is 5.97. The molecule has 2 rings (SSSR count). The summed E-state index contributed by atoms with van der Waals surface area (Å²) in [5.74, 6) is 0.783. The molecule has 1 amide bonds. The van der Waals surface area contributed by atoms with E-state index in [0.717, 1.165) is 5.56 Å². The van der Waals surface area contributed by atoms with Crippen molar-refractivity contribution >= 4 is 11.6 Å². The summed E-state index contributed by atoms with van der Waals surface area (Å²) in [6.45, 7) is 2.59. The zero-order valence-corrected chi connectivity index (χ0v) is 10.7. The van der Waals surface area contributed by atoms with Gasteiger partial charge in [-0.2, -0.15) is 0 Å². The molecule has 0 aliphatic rings. The number of furan rings is 1. The molecule has 0 aliphatic heterocycles. The number of carbonyl (C=O) groups excluding carboxylic acids is 1. The van der Waals surface area contributed by atoms with Crippen LogP contribution in [0.15, 0.2) is 41.0 Å². The molecule has 1 aromatic carbocycles. The van der Waals surface area contributed by atoms with Gasteiger partial charge in [-0.3, -0.25) is 4.79 Å². The molecule has 19 heavy (non-hydrogen) atoms. The fourth-order valence-corrected chi connectivity index (χ4v) is 1.62. The molecule has 0 radical (unpaired) electrons. The van der Waals surface area contributed by atoms with Crippen molar-refractivity contribution in [2.24, 2.45) is 0 Å². The van der Waals surface area contributed by atoms with Gasteiger partial charge >= 0.3 is 0 Å². The zero-order chi connectivity index (χ0) is 13.7. The van der Waals surface area contributed by atoms with E-state index in [1.807, 2.05) is 19.1 Å². The highest BCUT2D eigenvalue weighted by Crippen LogP contribution is 2.14. The number of ether oxygens (including phenoxy) is 1. The van der Waals surface area contributed by atoms with Gasteiger partial charge in [0, 0.05) is 17.3 Å². The van der Waals surface area contributed by atoms with Crippen LogP contribution in [0.25, 0.3) is 0 Å². The Labute approximate surface area is 111 Å². The second kappa shape index (κ2) is 5.95. The van der Waals surface area contributed by atoms with E-state index in [1.54, 1.807) is 18.2 Å². The Morgan fingerprint density at radius 2 is 2.26 bits per heavy atom. The van der Waals surface area contributed by atoms with E-state index in [4.69, 9.17) is 14.9 Å². The molecule has 0 fully saturated rings. The second-order valence-electron chi connectivity index (χ2n) is 4.11. The second-order valence-corrected chi connectivity index (χ2v) is 4.11. The van der Waals surface area contributed by atoms with E-state index in [-0.39, 0.29) is 5.91 Å². The molecule has 3 N–H and O–H groups in total. The molecule has 0 spiro atoms.